The number of para-hydroxylation sites is 1. The van der Waals surface area contributed by atoms with Crippen LogP contribution in [-0.2, 0) is 7.05 Å². The van der Waals surface area contributed by atoms with Crippen LogP contribution in [0, 0.1) is 0 Å². The number of nitrogens with zero attached hydrogens (tertiary/aromatic N) is 2. The predicted molar refractivity (Wildman–Crippen MR) is 111 cm³/mol. The Bertz CT molecular complexity index is 977. The number of carbonyl (C=O) groups is 1. The lowest BCUT2D eigenvalue weighted by molar-refractivity contribution is 0.0884. The number of amides is 1. The first kappa shape index (κ1) is 17.0. The Morgan fingerprint density at radius 1 is 1.07 bits per heavy atom. The van der Waals surface area contributed by atoms with Crippen LogP contribution in [0.1, 0.15) is 36.0 Å². The minimum Gasteiger partial charge on any atom is -0.349 e. The molecule has 4 heterocycles. The van der Waals surface area contributed by atoms with Gasteiger partial charge in [0, 0.05) is 36.1 Å². The van der Waals surface area contributed by atoms with Crippen LogP contribution in [0.3, 0.4) is 0 Å². The van der Waals surface area contributed by atoms with Gasteiger partial charge in [0.2, 0.25) is 0 Å². The fourth-order valence-electron chi connectivity index (χ4n) is 5.11. The van der Waals surface area contributed by atoms with E-state index >= 15 is 0 Å². The second-order valence-electron chi connectivity index (χ2n) is 7.97. The molecule has 1 amide bonds. The Hall–Kier alpha value is -2.11. The Balaban J connectivity index is 1.52. The number of fused-ring (bicyclic) bond motifs is 3. The number of hydrogen-bond donors (Lipinski definition) is 1. The van der Waals surface area contributed by atoms with Gasteiger partial charge in [0.1, 0.15) is 0 Å². The first-order chi connectivity index (χ1) is 13.1. The van der Waals surface area contributed by atoms with Crippen molar-refractivity contribution < 1.29 is 4.79 Å². The van der Waals surface area contributed by atoms with Crippen LogP contribution in [-0.4, -0.2) is 40.5 Å². The maximum atomic E-state index is 13.4. The molecular formula is C22H25N3OS. The zero-order chi connectivity index (χ0) is 18.5. The van der Waals surface area contributed by atoms with E-state index in [1.165, 1.54) is 12.8 Å². The highest BCUT2D eigenvalue weighted by Crippen LogP contribution is 2.37. The van der Waals surface area contributed by atoms with Crippen molar-refractivity contribution >= 4 is 28.1 Å². The fraction of sp³-hybridized carbons (Fsp3) is 0.409. The standard InChI is InChI=1S/C22H25N3OS/c1-24-15-9-10-16(24)13-14(12-15)23-22(26)20-17-6-3-4-7-18(17)25(2)21(20)19-8-5-11-27-19/h3-8,11,14-16H,9-10,12-13H2,1-2H3,(H,23,26). The van der Waals surface area contributed by atoms with Gasteiger partial charge in [-0.15, -0.1) is 11.3 Å². The van der Waals surface area contributed by atoms with E-state index < -0.39 is 0 Å². The molecule has 5 heteroatoms. The van der Waals surface area contributed by atoms with E-state index in [0.29, 0.717) is 12.1 Å². The summed E-state index contributed by atoms with van der Waals surface area (Å²) in [6.45, 7) is 0. The van der Waals surface area contributed by atoms with E-state index in [1.807, 2.05) is 18.2 Å². The molecule has 2 aromatic heterocycles. The molecule has 140 valence electrons. The van der Waals surface area contributed by atoms with Crippen molar-refractivity contribution in [1.82, 2.24) is 14.8 Å². The van der Waals surface area contributed by atoms with Crippen molar-refractivity contribution in [3.8, 4) is 10.6 Å². The Morgan fingerprint density at radius 3 is 2.52 bits per heavy atom. The number of hydrogen-bond acceptors (Lipinski definition) is 3. The third-order valence-electron chi connectivity index (χ3n) is 6.52. The van der Waals surface area contributed by atoms with Gasteiger partial charge in [0.15, 0.2) is 0 Å². The quantitative estimate of drug-likeness (QED) is 0.738. The summed E-state index contributed by atoms with van der Waals surface area (Å²) in [5, 5.41) is 6.50. The maximum Gasteiger partial charge on any atom is 0.254 e. The second-order valence-corrected chi connectivity index (χ2v) is 8.92. The lowest BCUT2D eigenvalue weighted by atomic mass is 9.97. The average molecular weight is 380 g/mol. The number of aryl methyl sites for hydroxylation is 1. The summed E-state index contributed by atoms with van der Waals surface area (Å²) >= 11 is 1.69. The van der Waals surface area contributed by atoms with E-state index in [2.05, 4.69) is 52.5 Å². The van der Waals surface area contributed by atoms with Gasteiger partial charge in [-0.25, -0.2) is 0 Å². The highest BCUT2D eigenvalue weighted by molar-refractivity contribution is 7.13. The summed E-state index contributed by atoms with van der Waals surface area (Å²) in [5.41, 5.74) is 2.95. The van der Waals surface area contributed by atoms with Crippen molar-refractivity contribution in [3.63, 3.8) is 0 Å². The van der Waals surface area contributed by atoms with Crippen molar-refractivity contribution in [1.29, 1.82) is 0 Å². The molecule has 2 saturated heterocycles. The molecule has 27 heavy (non-hydrogen) atoms. The van der Waals surface area contributed by atoms with Gasteiger partial charge >= 0.3 is 0 Å². The zero-order valence-electron chi connectivity index (χ0n) is 15.8. The lowest BCUT2D eigenvalue weighted by Crippen LogP contribution is -2.48. The molecule has 2 aliphatic rings. The lowest BCUT2D eigenvalue weighted by Gasteiger charge is -2.36. The summed E-state index contributed by atoms with van der Waals surface area (Å²) in [7, 11) is 4.30. The van der Waals surface area contributed by atoms with Gasteiger partial charge in [-0.1, -0.05) is 24.3 Å². The minimum absolute atomic E-state index is 0.0733. The monoisotopic (exact) mass is 379 g/mol. The minimum atomic E-state index is 0.0733. The van der Waals surface area contributed by atoms with Crippen LogP contribution >= 0.6 is 11.3 Å². The molecular weight excluding hydrogens is 354 g/mol. The number of aromatic nitrogens is 1. The molecule has 2 atom stereocenters. The van der Waals surface area contributed by atoms with Crippen LogP contribution < -0.4 is 5.32 Å². The van der Waals surface area contributed by atoms with Gasteiger partial charge in [-0.05, 0) is 50.2 Å². The van der Waals surface area contributed by atoms with E-state index in [4.69, 9.17) is 0 Å². The Morgan fingerprint density at radius 2 is 1.81 bits per heavy atom. The first-order valence-electron chi connectivity index (χ1n) is 9.77. The zero-order valence-corrected chi connectivity index (χ0v) is 16.6. The molecule has 1 aromatic carbocycles. The maximum absolute atomic E-state index is 13.4. The van der Waals surface area contributed by atoms with E-state index in [1.54, 1.807) is 11.3 Å². The molecule has 0 saturated carbocycles. The summed E-state index contributed by atoms with van der Waals surface area (Å²) in [6.07, 6.45) is 4.67. The highest BCUT2D eigenvalue weighted by atomic mass is 32.1. The largest absolute Gasteiger partial charge is 0.349 e. The Kier molecular flexibility index (Phi) is 4.10. The van der Waals surface area contributed by atoms with Gasteiger partial charge in [-0.2, -0.15) is 0 Å². The normalized spacial score (nSPS) is 25.2. The molecule has 2 unspecified atom stereocenters. The first-order valence-corrected chi connectivity index (χ1v) is 10.7. The SMILES string of the molecule is CN1C2CCC1CC(NC(=O)c1c(-c3cccs3)n(C)c3ccccc13)C2. The van der Waals surface area contributed by atoms with Crippen LogP contribution in [0.15, 0.2) is 41.8 Å². The van der Waals surface area contributed by atoms with Crippen molar-refractivity contribution in [2.45, 2.75) is 43.8 Å². The molecule has 2 fully saturated rings. The number of nitrogens with one attached hydrogen (secondary N) is 1. The average Bonchev–Trinajstić information content (AvgIpc) is 3.33. The van der Waals surface area contributed by atoms with Gasteiger partial charge in [0.25, 0.3) is 5.91 Å². The molecule has 3 aromatic rings. The molecule has 4 nitrogen and oxygen atoms in total. The molecule has 0 spiro atoms. The number of rotatable bonds is 3. The number of thiophene rings is 1. The van der Waals surface area contributed by atoms with Crippen LogP contribution in [0.5, 0.6) is 0 Å². The van der Waals surface area contributed by atoms with Crippen molar-refractivity contribution in [2.24, 2.45) is 7.05 Å². The third kappa shape index (κ3) is 2.72. The summed E-state index contributed by atoms with van der Waals surface area (Å²) < 4.78 is 2.16. The second kappa shape index (κ2) is 6.50. The van der Waals surface area contributed by atoms with Crippen LogP contribution in [0.25, 0.3) is 21.5 Å². The number of benzene rings is 1. The third-order valence-corrected chi connectivity index (χ3v) is 7.40. The molecule has 0 aliphatic carbocycles. The highest BCUT2D eigenvalue weighted by Gasteiger charge is 2.39. The molecule has 2 aliphatic heterocycles. The summed E-state index contributed by atoms with van der Waals surface area (Å²) in [5.74, 6) is 0.0733. The topological polar surface area (TPSA) is 37.3 Å². The van der Waals surface area contributed by atoms with Crippen LogP contribution in [0.4, 0.5) is 0 Å². The number of carbonyl (C=O) groups excluding carboxylic acids is 1. The fourth-order valence-corrected chi connectivity index (χ4v) is 5.92. The van der Waals surface area contributed by atoms with Gasteiger partial charge in [0.05, 0.1) is 16.1 Å². The van der Waals surface area contributed by atoms with Crippen molar-refractivity contribution in [3.05, 3.63) is 47.3 Å². The molecule has 0 radical (unpaired) electrons. The Labute approximate surface area is 163 Å². The van der Waals surface area contributed by atoms with Crippen LogP contribution in [0.2, 0.25) is 0 Å². The smallest absolute Gasteiger partial charge is 0.254 e. The molecule has 5 rings (SSSR count). The van der Waals surface area contributed by atoms with E-state index in [-0.39, 0.29) is 11.9 Å². The molecule has 2 bridgehead atoms. The van der Waals surface area contributed by atoms with Gasteiger partial charge < -0.3 is 14.8 Å². The van der Waals surface area contributed by atoms with Crippen molar-refractivity contribution in [2.75, 3.05) is 7.05 Å². The summed E-state index contributed by atoms with van der Waals surface area (Å²) in [4.78, 5) is 17.1. The van der Waals surface area contributed by atoms with E-state index in [9.17, 15) is 4.79 Å². The number of piperidine rings is 1. The molecule has 1 N–H and O–H groups in total. The summed E-state index contributed by atoms with van der Waals surface area (Å²) in [6, 6.07) is 13.9. The predicted octanol–water partition coefficient (Wildman–Crippen LogP) is 4.26. The van der Waals surface area contributed by atoms with Gasteiger partial charge in [-0.3, -0.25) is 4.79 Å². The van der Waals surface area contributed by atoms with E-state index in [0.717, 1.165) is 39.9 Å².